The molecular formula is C18H24N2O4S. The van der Waals surface area contributed by atoms with E-state index in [9.17, 15) is 13.2 Å². The van der Waals surface area contributed by atoms with Crippen LogP contribution < -0.4 is 0 Å². The summed E-state index contributed by atoms with van der Waals surface area (Å²) in [5, 5.41) is 0. The predicted octanol–water partition coefficient (Wildman–Crippen LogP) is 2.91. The topological polar surface area (TPSA) is 66.9 Å². The number of amides is 1. The van der Waals surface area contributed by atoms with Crippen LogP contribution in [-0.2, 0) is 21.6 Å². The molecule has 6 nitrogen and oxygen atoms in total. The number of carbonyl (C=O) groups excluding carboxylic acids is 1. The third-order valence-corrected chi connectivity index (χ3v) is 7.72. The lowest BCUT2D eigenvalue weighted by molar-refractivity contribution is 0.119. The molecule has 1 atom stereocenters. The quantitative estimate of drug-likeness (QED) is 0.809. The number of carbonyl (C=O) groups is 1. The number of fused-ring (bicyclic) bond motifs is 1. The van der Waals surface area contributed by atoms with Gasteiger partial charge in [0.25, 0.3) is 0 Å². The lowest BCUT2D eigenvalue weighted by Crippen LogP contribution is -2.40. The van der Waals surface area contributed by atoms with Crippen LogP contribution in [-0.4, -0.2) is 42.3 Å². The zero-order valence-electron chi connectivity index (χ0n) is 14.3. The molecule has 3 aliphatic rings. The van der Waals surface area contributed by atoms with Crippen molar-refractivity contribution >= 4 is 16.3 Å². The highest BCUT2D eigenvalue weighted by Gasteiger charge is 2.56. The molecule has 0 bridgehead atoms. The first kappa shape index (κ1) is 16.8. The van der Waals surface area contributed by atoms with Crippen LogP contribution in [0.4, 0.5) is 4.79 Å². The van der Waals surface area contributed by atoms with Crippen molar-refractivity contribution in [2.75, 3.05) is 13.1 Å². The number of hydrogen-bond donors (Lipinski definition) is 0. The fourth-order valence-electron chi connectivity index (χ4n) is 4.59. The zero-order chi connectivity index (χ0) is 17.5. The third kappa shape index (κ3) is 3.04. The molecule has 0 N–H and O–H groups in total. The maximum absolute atomic E-state index is 12.8. The molecule has 136 valence electrons. The molecule has 2 aliphatic heterocycles. The van der Waals surface area contributed by atoms with Crippen molar-refractivity contribution in [1.82, 2.24) is 8.61 Å². The largest absolute Gasteiger partial charge is 0.444 e. The molecular weight excluding hydrogens is 340 g/mol. The van der Waals surface area contributed by atoms with Gasteiger partial charge in [0.05, 0.1) is 6.54 Å². The second-order valence-electron chi connectivity index (χ2n) is 7.54. The van der Waals surface area contributed by atoms with Gasteiger partial charge in [-0.05, 0) is 30.2 Å². The first-order valence-corrected chi connectivity index (χ1v) is 10.4. The molecule has 0 radical (unpaired) electrons. The summed E-state index contributed by atoms with van der Waals surface area (Å²) in [6.07, 6.45) is 5.93. The van der Waals surface area contributed by atoms with Crippen LogP contribution in [0, 0.1) is 5.41 Å². The lowest BCUT2D eigenvalue weighted by Gasteiger charge is -2.34. The molecule has 7 heteroatoms. The Labute approximate surface area is 148 Å². The first-order valence-electron chi connectivity index (χ1n) is 9.00. The third-order valence-electron chi connectivity index (χ3n) is 5.84. The fourth-order valence-corrected chi connectivity index (χ4v) is 6.40. The van der Waals surface area contributed by atoms with Gasteiger partial charge in [-0.15, -0.1) is 0 Å². The van der Waals surface area contributed by atoms with Crippen LogP contribution in [0.3, 0.4) is 0 Å². The summed E-state index contributed by atoms with van der Waals surface area (Å²) in [4.78, 5) is 12.3. The van der Waals surface area contributed by atoms with E-state index in [0.29, 0.717) is 6.54 Å². The average molecular weight is 364 g/mol. The van der Waals surface area contributed by atoms with E-state index < -0.39 is 16.3 Å². The van der Waals surface area contributed by atoms with Crippen molar-refractivity contribution in [2.45, 2.75) is 51.2 Å². The summed E-state index contributed by atoms with van der Waals surface area (Å²) in [5.41, 5.74) is 0.977. The van der Waals surface area contributed by atoms with Crippen molar-refractivity contribution in [2.24, 2.45) is 5.41 Å². The number of nitrogens with zero attached hydrogens (tertiary/aromatic N) is 2. The summed E-state index contributed by atoms with van der Waals surface area (Å²) < 4.78 is 33.3. The predicted molar refractivity (Wildman–Crippen MR) is 92.9 cm³/mol. The lowest BCUT2D eigenvalue weighted by atomic mass is 9.73. The smallest absolute Gasteiger partial charge is 0.424 e. The Bertz CT molecular complexity index is 744. The van der Waals surface area contributed by atoms with Crippen molar-refractivity contribution in [3.8, 4) is 0 Å². The number of hydrogen-bond acceptors (Lipinski definition) is 4. The van der Waals surface area contributed by atoms with E-state index in [1.54, 1.807) is 4.31 Å². The Morgan fingerprint density at radius 3 is 2.56 bits per heavy atom. The molecule has 1 saturated carbocycles. The second kappa shape index (κ2) is 6.29. The minimum atomic E-state index is -3.75. The molecule has 3 fully saturated rings. The fraction of sp³-hybridized carbons (Fsp3) is 0.611. The van der Waals surface area contributed by atoms with Crippen molar-refractivity contribution < 1.29 is 17.9 Å². The van der Waals surface area contributed by atoms with Crippen molar-refractivity contribution in [3.63, 3.8) is 0 Å². The van der Waals surface area contributed by atoms with Gasteiger partial charge in [0.15, 0.2) is 0 Å². The van der Waals surface area contributed by atoms with Crippen LogP contribution in [0.2, 0.25) is 0 Å². The van der Waals surface area contributed by atoms with Gasteiger partial charge < -0.3 is 4.74 Å². The normalized spacial score (nSPS) is 27.4. The van der Waals surface area contributed by atoms with E-state index in [2.05, 4.69) is 0 Å². The van der Waals surface area contributed by atoms with Gasteiger partial charge in [-0.2, -0.15) is 17.0 Å². The van der Waals surface area contributed by atoms with Crippen LogP contribution in [0.1, 0.15) is 44.1 Å². The maximum Gasteiger partial charge on any atom is 0.424 e. The monoisotopic (exact) mass is 364 g/mol. The van der Waals surface area contributed by atoms with Gasteiger partial charge in [-0.1, -0.05) is 49.6 Å². The highest BCUT2D eigenvalue weighted by molar-refractivity contribution is 7.87. The molecule has 1 spiro atoms. The van der Waals surface area contributed by atoms with Gasteiger partial charge in [-0.25, -0.2) is 4.79 Å². The molecule has 2 saturated heterocycles. The van der Waals surface area contributed by atoms with Gasteiger partial charge >= 0.3 is 16.3 Å². The summed E-state index contributed by atoms with van der Waals surface area (Å²) in [6.45, 7) is 0.862. The van der Waals surface area contributed by atoms with Crippen LogP contribution >= 0.6 is 0 Å². The number of rotatable bonds is 2. The Kier molecular flexibility index (Phi) is 4.24. The molecule has 2 heterocycles. The van der Waals surface area contributed by atoms with Gasteiger partial charge in [-0.3, -0.25) is 0 Å². The van der Waals surface area contributed by atoms with E-state index in [-0.39, 0.29) is 24.6 Å². The Hall–Kier alpha value is -1.60. The Morgan fingerprint density at radius 2 is 1.88 bits per heavy atom. The maximum atomic E-state index is 12.8. The summed E-state index contributed by atoms with van der Waals surface area (Å²) in [6, 6.07) is 9.19. The van der Waals surface area contributed by atoms with E-state index in [1.165, 1.54) is 19.3 Å². The summed E-state index contributed by atoms with van der Waals surface area (Å²) in [5.74, 6) is 0. The Morgan fingerprint density at radius 1 is 1.16 bits per heavy atom. The average Bonchev–Trinajstić information content (AvgIpc) is 3.08. The molecule has 1 amide bonds. The van der Waals surface area contributed by atoms with Crippen molar-refractivity contribution in [1.29, 1.82) is 0 Å². The summed E-state index contributed by atoms with van der Waals surface area (Å²) in [7, 11) is -3.75. The zero-order valence-corrected chi connectivity index (χ0v) is 15.1. The van der Waals surface area contributed by atoms with E-state index in [1.807, 2.05) is 30.3 Å². The van der Waals surface area contributed by atoms with E-state index in [0.717, 1.165) is 29.1 Å². The number of benzene rings is 1. The van der Waals surface area contributed by atoms with E-state index >= 15 is 0 Å². The molecule has 0 aromatic heterocycles. The molecule has 0 unspecified atom stereocenters. The van der Waals surface area contributed by atoms with Gasteiger partial charge in [0, 0.05) is 12.6 Å². The minimum absolute atomic E-state index is 0.0836. The van der Waals surface area contributed by atoms with Crippen molar-refractivity contribution in [3.05, 3.63) is 35.9 Å². The molecule has 1 aliphatic carbocycles. The SMILES string of the molecule is O=C(OCc1ccccc1)N1C[C@@H]2CC3(CCCCC3)CN2S1(=O)=O. The standard InChI is InChI=1S/C18H24N2O4S/c21-17(24-13-15-7-3-1-4-8-15)19-12-16-11-18(9-5-2-6-10-18)14-20(16)25(19,22)23/h1,3-4,7-8,16H,2,5-6,9-14H2/t16-/m0/s1. The second-order valence-corrected chi connectivity index (χ2v) is 9.35. The van der Waals surface area contributed by atoms with Gasteiger partial charge in [0.2, 0.25) is 0 Å². The molecule has 1 aromatic carbocycles. The van der Waals surface area contributed by atoms with Crippen LogP contribution in [0.25, 0.3) is 0 Å². The molecule has 25 heavy (non-hydrogen) atoms. The van der Waals surface area contributed by atoms with Crippen LogP contribution in [0.5, 0.6) is 0 Å². The minimum Gasteiger partial charge on any atom is -0.444 e. The Balaban J connectivity index is 1.43. The van der Waals surface area contributed by atoms with Gasteiger partial charge in [0.1, 0.15) is 6.61 Å². The highest BCUT2D eigenvalue weighted by Crippen LogP contribution is 2.49. The number of ether oxygens (including phenoxy) is 1. The first-order chi connectivity index (χ1) is 12.0. The molecule has 4 rings (SSSR count). The molecule has 1 aromatic rings. The van der Waals surface area contributed by atoms with E-state index in [4.69, 9.17) is 4.74 Å². The summed E-state index contributed by atoms with van der Waals surface area (Å²) >= 11 is 0. The highest BCUT2D eigenvalue weighted by atomic mass is 32.2. The van der Waals surface area contributed by atoms with Crippen LogP contribution in [0.15, 0.2) is 30.3 Å².